The van der Waals surface area contributed by atoms with Crippen molar-refractivity contribution in [2.75, 3.05) is 6.54 Å². The van der Waals surface area contributed by atoms with Crippen molar-refractivity contribution in [3.8, 4) is 11.3 Å². The number of rotatable bonds is 8. The standard InChI is InChI=1S/C30H27ClN6O2/c31-26-14-8-7-13-25(26)28-16-15-24(39-28)19-36-18-23(37-20-32-34-35-37)17-27(36)30(38)33-29(21-9-3-1-4-10-21)22-11-5-2-6-12-22/h1-16,20,23,27,29H,17-19H2,(H,33,38)/t23-,27+/m1/s1. The lowest BCUT2D eigenvalue weighted by atomic mass is 9.98. The van der Waals surface area contributed by atoms with Gasteiger partial charge in [0.05, 0.1) is 29.7 Å². The zero-order valence-corrected chi connectivity index (χ0v) is 21.9. The molecule has 2 aromatic heterocycles. The number of halogens is 1. The number of carbonyl (C=O) groups is 1. The molecule has 1 saturated heterocycles. The summed E-state index contributed by atoms with van der Waals surface area (Å²) in [5.41, 5.74) is 2.88. The largest absolute Gasteiger partial charge is 0.460 e. The van der Waals surface area contributed by atoms with Gasteiger partial charge in [0, 0.05) is 12.1 Å². The summed E-state index contributed by atoms with van der Waals surface area (Å²) >= 11 is 6.38. The first kappa shape index (κ1) is 25.0. The molecule has 3 heterocycles. The number of hydrogen-bond acceptors (Lipinski definition) is 6. The van der Waals surface area contributed by atoms with Crippen LogP contribution in [0.1, 0.15) is 35.4 Å². The van der Waals surface area contributed by atoms with E-state index >= 15 is 0 Å². The SMILES string of the molecule is O=C(NC(c1ccccc1)c1ccccc1)[C@@H]1C[C@@H](n2cnnn2)CN1Cc1ccc(-c2ccccc2Cl)o1. The van der Waals surface area contributed by atoms with Gasteiger partial charge in [0.15, 0.2) is 0 Å². The second kappa shape index (κ2) is 11.2. The molecular weight excluding hydrogens is 512 g/mol. The summed E-state index contributed by atoms with van der Waals surface area (Å²) in [6, 6.07) is 30.8. The van der Waals surface area contributed by atoms with Crippen molar-refractivity contribution < 1.29 is 9.21 Å². The molecule has 6 rings (SSSR count). The molecule has 0 saturated carbocycles. The molecule has 2 atom stereocenters. The van der Waals surface area contributed by atoms with Crippen LogP contribution in [0, 0.1) is 0 Å². The second-order valence-corrected chi connectivity index (χ2v) is 10.0. The number of aromatic nitrogens is 4. The van der Waals surface area contributed by atoms with Gasteiger partial charge in [-0.05, 0) is 52.2 Å². The van der Waals surface area contributed by atoms with Gasteiger partial charge in [0.2, 0.25) is 5.91 Å². The van der Waals surface area contributed by atoms with E-state index in [0.29, 0.717) is 30.3 Å². The average molecular weight is 539 g/mol. The highest BCUT2D eigenvalue weighted by Gasteiger charge is 2.39. The fourth-order valence-corrected chi connectivity index (χ4v) is 5.44. The van der Waals surface area contributed by atoms with E-state index in [-0.39, 0.29) is 18.0 Å². The summed E-state index contributed by atoms with van der Waals surface area (Å²) in [4.78, 5) is 16.1. The Morgan fingerprint density at radius 2 is 1.64 bits per heavy atom. The van der Waals surface area contributed by atoms with Gasteiger partial charge in [-0.15, -0.1) is 5.10 Å². The Bertz CT molecular complexity index is 1480. The first-order valence-electron chi connectivity index (χ1n) is 12.9. The third-order valence-electron chi connectivity index (χ3n) is 7.14. The third-order valence-corrected chi connectivity index (χ3v) is 7.46. The number of tetrazole rings is 1. The van der Waals surface area contributed by atoms with Gasteiger partial charge >= 0.3 is 0 Å². The Hall–Kier alpha value is -4.27. The lowest BCUT2D eigenvalue weighted by molar-refractivity contribution is -0.126. The number of benzene rings is 3. The minimum Gasteiger partial charge on any atom is -0.460 e. The normalized spacial score (nSPS) is 17.5. The van der Waals surface area contributed by atoms with Crippen molar-refractivity contribution in [3.05, 3.63) is 125 Å². The Kier molecular flexibility index (Phi) is 7.21. The highest BCUT2D eigenvalue weighted by Crippen LogP contribution is 2.33. The van der Waals surface area contributed by atoms with E-state index in [1.54, 1.807) is 11.0 Å². The number of nitrogens with zero attached hydrogens (tertiary/aromatic N) is 5. The van der Waals surface area contributed by atoms with E-state index in [1.807, 2.05) is 97.1 Å². The molecule has 0 unspecified atom stereocenters. The quantitative estimate of drug-likeness (QED) is 0.288. The summed E-state index contributed by atoms with van der Waals surface area (Å²) in [7, 11) is 0. The number of nitrogens with one attached hydrogen (secondary N) is 1. The fraction of sp³-hybridized carbons (Fsp3) is 0.200. The molecule has 0 radical (unpaired) electrons. The van der Waals surface area contributed by atoms with Crippen LogP contribution in [0.2, 0.25) is 5.02 Å². The number of amides is 1. The van der Waals surface area contributed by atoms with Crippen LogP contribution in [0.15, 0.2) is 108 Å². The molecule has 1 amide bonds. The van der Waals surface area contributed by atoms with Crippen molar-refractivity contribution in [2.24, 2.45) is 0 Å². The molecule has 1 fully saturated rings. The molecule has 5 aromatic rings. The van der Waals surface area contributed by atoms with E-state index in [0.717, 1.165) is 22.5 Å². The van der Waals surface area contributed by atoms with E-state index in [4.69, 9.17) is 16.0 Å². The van der Waals surface area contributed by atoms with Gasteiger partial charge in [-0.1, -0.05) is 84.4 Å². The number of likely N-dealkylation sites (tertiary alicyclic amines) is 1. The maximum absolute atomic E-state index is 13.9. The molecule has 0 bridgehead atoms. The van der Waals surface area contributed by atoms with Crippen molar-refractivity contribution in [3.63, 3.8) is 0 Å². The van der Waals surface area contributed by atoms with E-state index < -0.39 is 6.04 Å². The number of furan rings is 1. The summed E-state index contributed by atoms with van der Waals surface area (Å²) in [5, 5.41) is 15.7. The van der Waals surface area contributed by atoms with Crippen LogP contribution in [-0.4, -0.2) is 43.6 Å². The van der Waals surface area contributed by atoms with E-state index in [1.165, 1.54) is 0 Å². The fourth-order valence-electron chi connectivity index (χ4n) is 5.21. The monoisotopic (exact) mass is 538 g/mol. The highest BCUT2D eigenvalue weighted by atomic mass is 35.5. The summed E-state index contributed by atoms with van der Waals surface area (Å²) in [6.45, 7) is 1.06. The van der Waals surface area contributed by atoms with Crippen LogP contribution in [0.3, 0.4) is 0 Å². The first-order chi connectivity index (χ1) is 19.2. The van der Waals surface area contributed by atoms with Crippen LogP contribution < -0.4 is 5.32 Å². The van der Waals surface area contributed by atoms with Crippen LogP contribution in [-0.2, 0) is 11.3 Å². The number of hydrogen-bond donors (Lipinski definition) is 1. The predicted molar refractivity (Wildman–Crippen MR) is 148 cm³/mol. The predicted octanol–water partition coefficient (Wildman–Crippen LogP) is 5.31. The molecule has 9 heteroatoms. The topological polar surface area (TPSA) is 89.1 Å². The van der Waals surface area contributed by atoms with E-state index in [2.05, 4.69) is 25.7 Å². The van der Waals surface area contributed by atoms with Gasteiger partial charge in [-0.25, -0.2) is 4.68 Å². The van der Waals surface area contributed by atoms with Crippen LogP contribution in [0.4, 0.5) is 0 Å². The maximum atomic E-state index is 13.9. The van der Waals surface area contributed by atoms with Crippen LogP contribution >= 0.6 is 11.6 Å². The lowest BCUT2D eigenvalue weighted by Crippen LogP contribution is -2.44. The zero-order valence-electron chi connectivity index (χ0n) is 21.1. The summed E-state index contributed by atoms with van der Waals surface area (Å²) in [6.07, 6.45) is 2.17. The van der Waals surface area contributed by atoms with Gasteiger partial charge in [-0.3, -0.25) is 9.69 Å². The molecule has 0 spiro atoms. The van der Waals surface area contributed by atoms with Crippen LogP contribution in [0.5, 0.6) is 0 Å². The molecule has 8 nitrogen and oxygen atoms in total. The van der Waals surface area contributed by atoms with Crippen molar-refractivity contribution >= 4 is 17.5 Å². The molecule has 39 heavy (non-hydrogen) atoms. The van der Waals surface area contributed by atoms with Crippen LogP contribution in [0.25, 0.3) is 11.3 Å². The van der Waals surface area contributed by atoms with Gasteiger partial charge in [0.25, 0.3) is 0 Å². The average Bonchev–Trinajstić information content (AvgIpc) is 3.75. The summed E-state index contributed by atoms with van der Waals surface area (Å²) < 4.78 is 7.91. The molecule has 1 N–H and O–H groups in total. The Morgan fingerprint density at radius 3 is 2.31 bits per heavy atom. The smallest absolute Gasteiger partial charge is 0.238 e. The first-order valence-corrected chi connectivity index (χ1v) is 13.2. The Balaban J connectivity index is 1.26. The third kappa shape index (κ3) is 5.48. The second-order valence-electron chi connectivity index (χ2n) is 9.63. The highest BCUT2D eigenvalue weighted by molar-refractivity contribution is 6.33. The molecule has 1 aliphatic heterocycles. The lowest BCUT2D eigenvalue weighted by Gasteiger charge is -2.26. The number of carbonyl (C=O) groups excluding carboxylic acids is 1. The molecule has 196 valence electrons. The molecule has 3 aromatic carbocycles. The summed E-state index contributed by atoms with van der Waals surface area (Å²) in [5.74, 6) is 1.39. The van der Waals surface area contributed by atoms with Gasteiger partial charge < -0.3 is 9.73 Å². The molecule has 1 aliphatic rings. The minimum atomic E-state index is -0.400. The zero-order chi connectivity index (χ0) is 26.6. The molecular formula is C30H27ClN6O2. The Morgan fingerprint density at radius 1 is 0.949 bits per heavy atom. The molecule has 0 aliphatic carbocycles. The van der Waals surface area contributed by atoms with E-state index in [9.17, 15) is 4.79 Å². The van der Waals surface area contributed by atoms with Crippen molar-refractivity contribution in [1.82, 2.24) is 30.4 Å². The maximum Gasteiger partial charge on any atom is 0.238 e. The van der Waals surface area contributed by atoms with Crippen molar-refractivity contribution in [2.45, 2.75) is 31.1 Å². The van der Waals surface area contributed by atoms with Gasteiger partial charge in [-0.2, -0.15) is 0 Å². The minimum absolute atomic E-state index is 0.0411. The Labute approximate surface area is 231 Å². The van der Waals surface area contributed by atoms with Gasteiger partial charge in [0.1, 0.15) is 17.8 Å². The van der Waals surface area contributed by atoms with Crippen molar-refractivity contribution in [1.29, 1.82) is 0 Å².